The highest BCUT2D eigenvalue weighted by Crippen LogP contribution is 2.31. The summed E-state index contributed by atoms with van der Waals surface area (Å²) >= 11 is 3.48. The third-order valence-electron chi connectivity index (χ3n) is 2.97. The molecular weight excluding hydrogens is 278 g/mol. The summed E-state index contributed by atoms with van der Waals surface area (Å²) < 4.78 is 0.870. The lowest BCUT2D eigenvalue weighted by Gasteiger charge is -2.22. The van der Waals surface area contributed by atoms with E-state index in [-0.39, 0.29) is 5.41 Å². The van der Waals surface area contributed by atoms with Gasteiger partial charge in [0.2, 0.25) is 0 Å². The zero-order valence-corrected chi connectivity index (χ0v) is 12.6. The van der Waals surface area contributed by atoms with Gasteiger partial charge in [0.1, 0.15) is 16.2 Å². The Morgan fingerprint density at radius 3 is 2.53 bits per heavy atom. The molecule has 0 aliphatic heterocycles. The number of hydrogen-bond donors (Lipinski definition) is 0. The zero-order valence-electron chi connectivity index (χ0n) is 11.0. The van der Waals surface area contributed by atoms with E-state index in [0.29, 0.717) is 0 Å². The summed E-state index contributed by atoms with van der Waals surface area (Å²) in [5.74, 6) is 2.78. The Kier molecular flexibility index (Phi) is 3.43. The largest absolute Gasteiger partial charge is 0.359 e. The Morgan fingerprint density at radius 2 is 2.00 bits per heavy atom. The molecule has 1 fully saturated rings. The minimum Gasteiger partial charge on any atom is -0.359 e. The normalized spacial score (nSPS) is 16.1. The summed E-state index contributed by atoms with van der Waals surface area (Å²) in [6.45, 7) is 7.52. The Labute approximate surface area is 112 Å². The van der Waals surface area contributed by atoms with Gasteiger partial charge >= 0.3 is 0 Å². The fraction of sp³-hybridized carbons (Fsp3) is 0.692. The third-order valence-corrected chi connectivity index (χ3v) is 3.38. The number of rotatable bonds is 3. The first-order valence-corrected chi connectivity index (χ1v) is 6.92. The quantitative estimate of drug-likeness (QED) is 0.801. The van der Waals surface area contributed by atoms with E-state index in [1.54, 1.807) is 0 Å². The van der Waals surface area contributed by atoms with Gasteiger partial charge in [0, 0.05) is 25.1 Å². The molecule has 17 heavy (non-hydrogen) atoms. The lowest BCUT2D eigenvalue weighted by atomic mass is 9.96. The molecule has 1 saturated carbocycles. The maximum atomic E-state index is 4.67. The van der Waals surface area contributed by atoms with Crippen molar-refractivity contribution in [3.05, 3.63) is 16.5 Å². The molecule has 0 radical (unpaired) electrons. The predicted octanol–water partition coefficient (Wildman–Crippen LogP) is 3.38. The van der Waals surface area contributed by atoms with Crippen LogP contribution in [0.4, 0.5) is 5.82 Å². The second-order valence-corrected chi connectivity index (χ2v) is 6.76. The van der Waals surface area contributed by atoms with Crippen molar-refractivity contribution in [3.63, 3.8) is 0 Å². The first-order valence-electron chi connectivity index (χ1n) is 6.12. The first-order chi connectivity index (χ1) is 7.86. The molecule has 1 aromatic heterocycles. The lowest BCUT2D eigenvalue weighted by Crippen LogP contribution is -2.24. The van der Waals surface area contributed by atoms with Crippen LogP contribution < -0.4 is 4.90 Å². The molecule has 1 heterocycles. The zero-order chi connectivity index (χ0) is 12.6. The SMILES string of the molecule is CN(CC1CC1)c1cc(Br)nc(C(C)(C)C)n1. The van der Waals surface area contributed by atoms with Gasteiger partial charge < -0.3 is 4.90 Å². The van der Waals surface area contributed by atoms with Crippen molar-refractivity contribution in [1.82, 2.24) is 9.97 Å². The van der Waals surface area contributed by atoms with E-state index in [1.165, 1.54) is 12.8 Å². The average molecular weight is 298 g/mol. The van der Waals surface area contributed by atoms with E-state index in [2.05, 4.69) is 58.6 Å². The minimum atomic E-state index is -0.0149. The minimum absolute atomic E-state index is 0.0149. The van der Waals surface area contributed by atoms with Gasteiger partial charge in [-0.15, -0.1) is 0 Å². The van der Waals surface area contributed by atoms with Crippen LogP contribution in [0.1, 0.15) is 39.4 Å². The maximum Gasteiger partial charge on any atom is 0.137 e. The molecule has 0 N–H and O–H groups in total. The van der Waals surface area contributed by atoms with Crippen molar-refractivity contribution in [3.8, 4) is 0 Å². The van der Waals surface area contributed by atoms with Crippen molar-refractivity contribution in [2.24, 2.45) is 5.92 Å². The molecule has 0 bridgehead atoms. The molecule has 0 aromatic carbocycles. The van der Waals surface area contributed by atoms with Gasteiger partial charge in [0.05, 0.1) is 0 Å². The Hall–Kier alpha value is -0.640. The van der Waals surface area contributed by atoms with Crippen LogP contribution in [0.15, 0.2) is 10.7 Å². The first kappa shape index (κ1) is 12.8. The molecule has 0 saturated heterocycles. The summed E-state index contributed by atoms with van der Waals surface area (Å²) in [6.07, 6.45) is 2.73. The highest BCUT2D eigenvalue weighted by molar-refractivity contribution is 9.10. The highest BCUT2D eigenvalue weighted by Gasteiger charge is 2.25. The van der Waals surface area contributed by atoms with Crippen LogP contribution in [0.2, 0.25) is 0 Å². The molecule has 0 unspecified atom stereocenters. The molecular formula is C13H20BrN3. The molecule has 0 spiro atoms. The molecule has 0 amide bonds. The standard InChI is InChI=1S/C13H20BrN3/c1-13(2,3)12-15-10(14)7-11(16-12)17(4)8-9-5-6-9/h7,9H,5-6,8H2,1-4H3. The van der Waals surface area contributed by atoms with Gasteiger partial charge in [0.15, 0.2) is 0 Å². The van der Waals surface area contributed by atoms with Crippen LogP contribution in [-0.4, -0.2) is 23.6 Å². The van der Waals surface area contributed by atoms with Crippen molar-refractivity contribution in [1.29, 1.82) is 0 Å². The van der Waals surface area contributed by atoms with E-state index in [1.807, 2.05) is 6.07 Å². The van der Waals surface area contributed by atoms with Crippen LogP contribution in [0.3, 0.4) is 0 Å². The van der Waals surface area contributed by atoms with E-state index in [4.69, 9.17) is 0 Å². The van der Waals surface area contributed by atoms with Crippen LogP contribution in [-0.2, 0) is 5.41 Å². The molecule has 2 rings (SSSR count). The van der Waals surface area contributed by atoms with Crippen molar-refractivity contribution in [2.75, 3.05) is 18.5 Å². The molecule has 1 aliphatic carbocycles. The molecule has 1 aromatic rings. The van der Waals surface area contributed by atoms with E-state index < -0.39 is 0 Å². The predicted molar refractivity (Wildman–Crippen MR) is 74.4 cm³/mol. The highest BCUT2D eigenvalue weighted by atomic mass is 79.9. The van der Waals surface area contributed by atoms with Gasteiger partial charge in [-0.25, -0.2) is 9.97 Å². The Balaban J connectivity index is 2.23. The van der Waals surface area contributed by atoms with Crippen LogP contribution >= 0.6 is 15.9 Å². The Bertz CT molecular complexity index is 408. The topological polar surface area (TPSA) is 29.0 Å². The summed E-state index contributed by atoms with van der Waals surface area (Å²) in [7, 11) is 2.11. The molecule has 3 nitrogen and oxygen atoms in total. The fourth-order valence-electron chi connectivity index (χ4n) is 1.72. The number of anilines is 1. The van der Waals surface area contributed by atoms with E-state index in [0.717, 1.165) is 28.7 Å². The van der Waals surface area contributed by atoms with E-state index in [9.17, 15) is 0 Å². The number of nitrogens with zero attached hydrogens (tertiary/aromatic N) is 3. The van der Waals surface area contributed by atoms with Crippen molar-refractivity contribution in [2.45, 2.75) is 39.0 Å². The third kappa shape index (κ3) is 3.41. The van der Waals surface area contributed by atoms with Gasteiger partial charge in [-0.05, 0) is 34.7 Å². The molecule has 0 atom stereocenters. The second kappa shape index (κ2) is 4.56. The maximum absolute atomic E-state index is 4.67. The van der Waals surface area contributed by atoms with Crippen LogP contribution in [0.25, 0.3) is 0 Å². The van der Waals surface area contributed by atoms with Gasteiger partial charge in [-0.3, -0.25) is 0 Å². The number of aromatic nitrogens is 2. The second-order valence-electron chi connectivity index (χ2n) is 5.95. The van der Waals surface area contributed by atoms with E-state index >= 15 is 0 Å². The van der Waals surface area contributed by atoms with Gasteiger partial charge in [-0.2, -0.15) is 0 Å². The van der Waals surface area contributed by atoms with Crippen LogP contribution in [0.5, 0.6) is 0 Å². The summed E-state index contributed by atoms with van der Waals surface area (Å²) in [5.41, 5.74) is -0.0149. The fourth-order valence-corrected chi connectivity index (χ4v) is 2.09. The number of hydrogen-bond acceptors (Lipinski definition) is 3. The monoisotopic (exact) mass is 297 g/mol. The molecule has 94 valence electrons. The number of halogens is 1. The van der Waals surface area contributed by atoms with Crippen molar-refractivity contribution < 1.29 is 0 Å². The smallest absolute Gasteiger partial charge is 0.137 e. The summed E-state index contributed by atoms with van der Waals surface area (Å²) in [4.78, 5) is 11.4. The molecule has 1 aliphatic rings. The van der Waals surface area contributed by atoms with Crippen molar-refractivity contribution >= 4 is 21.7 Å². The summed E-state index contributed by atoms with van der Waals surface area (Å²) in [6, 6.07) is 2.00. The van der Waals surface area contributed by atoms with Gasteiger partial charge in [0.25, 0.3) is 0 Å². The lowest BCUT2D eigenvalue weighted by molar-refractivity contribution is 0.542. The van der Waals surface area contributed by atoms with Gasteiger partial charge in [-0.1, -0.05) is 20.8 Å². The summed E-state index contributed by atoms with van der Waals surface area (Å²) in [5, 5.41) is 0. The Morgan fingerprint density at radius 1 is 1.35 bits per heavy atom. The van der Waals surface area contributed by atoms with Crippen LogP contribution in [0, 0.1) is 5.92 Å². The molecule has 4 heteroatoms. The average Bonchev–Trinajstić information content (AvgIpc) is 2.99.